The molecule has 0 heterocycles. The number of carbonyl (C=O) groups excluding carboxylic acids is 1. The van der Waals surface area contributed by atoms with Crippen LogP contribution < -0.4 is 10.1 Å². The Morgan fingerprint density at radius 3 is 2.76 bits per heavy atom. The van der Waals surface area contributed by atoms with E-state index < -0.39 is 6.10 Å². The van der Waals surface area contributed by atoms with Gasteiger partial charge in [0.15, 0.2) is 6.10 Å². The number of hydrogen-bond donors (Lipinski definition) is 1. The average Bonchev–Trinajstić information content (AvgIpc) is 2.51. The molecule has 0 bridgehead atoms. The first kappa shape index (κ1) is 15.9. The molecule has 3 heteroatoms. The molecule has 1 aliphatic rings. The van der Waals surface area contributed by atoms with Crippen LogP contribution in [-0.2, 0) is 4.79 Å². The number of benzene rings is 1. The number of ether oxygens (including phenoxy) is 1. The molecule has 0 radical (unpaired) electrons. The van der Waals surface area contributed by atoms with E-state index in [1.807, 2.05) is 38.1 Å². The van der Waals surface area contributed by atoms with Gasteiger partial charge in [0.1, 0.15) is 5.75 Å². The van der Waals surface area contributed by atoms with E-state index in [2.05, 4.69) is 5.32 Å². The molecule has 116 valence electrons. The smallest absolute Gasteiger partial charge is 0.261 e. The minimum Gasteiger partial charge on any atom is -0.481 e. The summed E-state index contributed by atoms with van der Waals surface area (Å²) in [5.74, 6) is 1.44. The van der Waals surface area contributed by atoms with Crippen molar-refractivity contribution in [2.24, 2.45) is 5.92 Å². The molecule has 1 atom stereocenters. The predicted octanol–water partition coefficient (Wildman–Crippen LogP) is 3.85. The van der Waals surface area contributed by atoms with Gasteiger partial charge in [0.2, 0.25) is 0 Å². The van der Waals surface area contributed by atoms with Crippen molar-refractivity contribution < 1.29 is 9.53 Å². The summed E-state index contributed by atoms with van der Waals surface area (Å²) in [6, 6.07) is 7.86. The Morgan fingerprint density at radius 1 is 1.33 bits per heavy atom. The Labute approximate surface area is 128 Å². The summed E-state index contributed by atoms with van der Waals surface area (Å²) in [7, 11) is 0. The van der Waals surface area contributed by atoms with Crippen molar-refractivity contribution in [3.05, 3.63) is 29.8 Å². The Hall–Kier alpha value is -1.51. The lowest BCUT2D eigenvalue weighted by Gasteiger charge is -2.23. The number of hydrogen-bond acceptors (Lipinski definition) is 2. The highest BCUT2D eigenvalue weighted by atomic mass is 16.5. The molecule has 0 saturated heterocycles. The molecule has 1 saturated carbocycles. The molecule has 1 fully saturated rings. The molecule has 1 aliphatic carbocycles. The lowest BCUT2D eigenvalue weighted by Crippen LogP contribution is -2.40. The molecule has 0 spiro atoms. The number of carbonyl (C=O) groups is 1. The van der Waals surface area contributed by atoms with E-state index in [9.17, 15) is 4.79 Å². The molecule has 1 aromatic rings. The topological polar surface area (TPSA) is 38.3 Å². The van der Waals surface area contributed by atoms with Gasteiger partial charge in [-0.05, 0) is 49.8 Å². The van der Waals surface area contributed by atoms with Crippen LogP contribution in [0.5, 0.6) is 5.75 Å². The van der Waals surface area contributed by atoms with Gasteiger partial charge in [-0.2, -0.15) is 0 Å². The molecule has 0 aromatic heterocycles. The van der Waals surface area contributed by atoms with Crippen molar-refractivity contribution >= 4 is 5.91 Å². The number of rotatable bonds is 6. The van der Waals surface area contributed by atoms with Crippen molar-refractivity contribution in [3.8, 4) is 5.75 Å². The minimum atomic E-state index is -0.393. The van der Waals surface area contributed by atoms with Crippen LogP contribution in [0.15, 0.2) is 24.3 Å². The average molecular weight is 289 g/mol. The summed E-state index contributed by atoms with van der Waals surface area (Å²) in [5.41, 5.74) is 1.14. The molecular formula is C18H27NO2. The molecule has 1 unspecified atom stereocenters. The van der Waals surface area contributed by atoms with E-state index in [-0.39, 0.29) is 5.91 Å². The van der Waals surface area contributed by atoms with Crippen LogP contribution in [0.2, 0.25) is 0 Å². The minimum absolute atomic E-state index is 0.0181. The van der Waals surface area contributed by atoms with Gasteiger partial charge in [-0.3, -0.25) is 4.79 Å². The monoisotopic (exact) mass is 289 g/mol. The maximum Gasteiger partial charge on any atom is 0.261 e. The first-order valence-corrected chi connectivity index (χ1v) is 8.20. The van der Waals surface area contributed by atoms with Gasteiger partial charge in [0, 0.05) is 6.54 Å². The standard InChI is InChI=1S/C18H27NO2/c1-3-17(21-16-11-7-8-14(2)12-16)18(20)19-13-15-9-5-4-6-10-15/h7-8,11-12,15,17H,3-6,9-10,13H2,1-2H3,(H,19,20). The molecule has 1 N–H and O–H groups in total. The van der Waals surface area contributed by atoms with Gasteiger partial charge in [-0.25, -0.2) is 0 Å². The largest absolute Gasteiger partial charge is 0.481 e. The van der Waals surface area contributed by atoms with Crippen LogP contribution in [-0.4, -0.2) is 18.6 Å². The third-order valence-corrected chi connectivity index (χ3v) is 4.22. The fourth-order valence-electron chi connectivity index (χ4n) is 2.93. The predicted molar refractivity (Wildman–Crippen MR) is 85.5 cm³/mol. The molecule has 1 amide bonds. The van der Waals surface area contributed by atoms with Crippen molar-refractivity contribution in [3.63, 3.8) is 0 Å². The van der Waals surface area contributed by atoms with E-state index in [0.717, 1.165) is 17.9 Å². The number of nitrogens with one attached hydrogen (secondary N) is 1. The Morgan fingerprint density at radius 2 is 2.10 bits per heavy atom. The van der Waals surface area contributed by atoms with Crippen LogP contribution in [0.4, 0.5) is 0 Å². The van der Waals surface area contributed by atoms with Crippen LogP contribution in [0.25, 0.3) is 0 Å². The highest BCUT2D eigenvalue weighted by Gasteiger charge is 2.20. The molecule has 1 aromatic carbocycles. The Kier molecular flexibility index (Phi) is 6.09. The maximum atomic E-state index is 12.3. The summed E-state index contributed by atoms with van der Waals surface area (Å²) in [6.45, 7) is 4.81. The molecule has 21 heavy (non-hydrogen) atoms. The van der Waals surface area contributed by atoms with Crippen LogP contribution in [0.1, 0.15) is 51.0 Å². The molecular weight excluding hydrogens is 262 g/mol. The van der Waals surface area contributed by atoms with Gasteiger partial charge in [0.25, 0.3) is 5.91 Å². The zero-order valence-electron chi connectivity index (χ0n) is 13.2. The van der Waals surface area contributed by atoms with Gasteiger partial charge in [0.05, 0.1) is 0 Å². The number of amides is 1. The third kappa shape index (κ3) is 5.07. The molecule has 3 nitrogen and oxygen atoms in total. The second-order valence-corrected chi connectivity index (χ2v) is 6.08. The van der Waals surface area contributed by atoms with Gasteiger partial charge in [-0.15, -0.1) is 0 Å². The maximum absolute atomic E-state index is 12.3. The van der Waals surface area contributed by atoms with Crippen LogP contribution in [0, 0.1) is 12.8 Å². The van der Waals surface area contributed by atoms with Crippen LogP contribution >= 0.6 is 0 Å². The Bertz CT molecular complexity index is 452. The van der Waals surface area contributed by atoms with E-state index >= 15 is 0 Å². The van der Waals surface area contributed by atoms with Gasteiger partial charge < -0.3 is 10.1 Å². The summed E-state index contributed by atoms with van der Waals surface area (Å²) in [4.78, 5) is 12.3. The fraction of sp³-hybridized carbons (Fsp3) is 0.611. The van der Waals surface area contributed by atoms with E-state index in [1.165, 1.54) is 32.1 Å². The fourth-order valence-corrected chi connectivity index (χ4v) is 2.93. The second kappa shape index (κ2) is 8.06. The highest BCUT2D eigenvalue weighted by molar-refractivity contribution is 5.81. The number of aryl methyl sites for hydroxylation is 1. The molecule has 0 aliphatic heterocycles. The van der Waals surface area contributed by atoms with E-state index in [4.69, 9.17) is 4.74 Å². The first-order valence-electron chi connectivity index (χ1n) is 8.20. The summed E-state index contributed by atoms with van der Waals surface area (Å²) >= 11 is 0. The normalized spacial score (nSPS) is 17.2. The Balaban J connectivity index is 1.83. The SMILES string of the molecule is CCC(Oc1cccc(C)c1)C(=O)NCC1CCCCC1. The third-order valence-electron chi connectivity index (χ3n) is 4.22. The lowest BCUT2D eigenvalue weighted by molar-refractivity contribution is -0.128. The first-order chi connectivity index (χ1) is 10.2. The highest BCUT2D eigenvalue weighted by Crippen LogP contribution is 2.23. The van der Waals surface area contributed by atoms with Crippen LogP contribution in [0.3, 0.4) is 0 Å². The van der Waals surface area contributed by atoms with Crippen molar-refractivity contribution in [2.75, 3.05) is 6.54 Å². The van der Waals surface area contributed by atoms with Crippen molar-refractivity contribution in [2.45, 2.75) is 58.5 Å². The summed E-state index contributed by atoms with van der Waals surface area (Å²) in [6.07, 6.45) is 6.74. The summed E-state index contributed by atoms with van der Waals surface area (Å²) in [5, 5.41) is 3.07. The molecule has 2 rings (SSSR count). The zero-order valence-corrected chi connectivity index (χ0v) is 13.2. The lowest BCUT2D eigenvalue weighted by atomic mass is 9.89. The summed E-state index contributed by atoms with van der Waals surface area (Å²) < 4.78 is 5.83. The van der Waals surface area contributed by atoms with E-state index in [0.29, 0.717) is 12.3 Å². The van der Waals surface area contributed by atoms with Gasteiger partial charge >= 0.3 is 0 Å². The van der Waals surface area contributed by atoms with Crippen molar-refractivity contribution in [1.82, 2.24) is 5.32 Å². The van der Waals surface area contributed by atoms with Gasteiger partial charge in [-0.1, -0.05) is 38.3 Å². The van der Waals surface area contributed by atoms with E-state index in [1.54, 1.807) is 0 Å². The zero-order chi connectivity index (χ0) is 15.1. The quantitative estimate of drug-likeness (QED) is 0.864. The second-order valence-electron chi connectivity index (χ2n) is 6.08. The van der Waals surface area contributed by atoms with Crippen molar-refractivity contribution in [1.29, 1.82) is 0 Å².